The Labute approximate surface area is 189 Å². The molecule has 0 atom stereocenters. The third kappa shape index (κ3) is 4.24. The third-order valence-corrected chi connectivity index (χ3v) is 5.20. The van der Waals surface area contributed by atoms with E-state index in [1.165, 1.54) is 6.20 Å². The molecule has 5 rings (SSSR count). The number of nitrogens with one attached hydrogen (secondary N) is 1. The number of hydrogen-bond acceptors (Lipinski definition) is 5. The molecule has 0 spiro atoms. The first-order chi connectivity index (χ1) is 16.2. The number of fused-ring (bicyclic) bond motifs is 1. The van der Waals surface area contributed by atoms with E-state index in [0.717, 1.165) is 5.56 Å². The van der Waals surface area contributed by atoms with Gasteiger partial charge in [-0.3, -0.25) is 19.1 Å². The van der Waals surface area contributed by atoms with Gasteiger partial charge in [0.05, 0.1) is 11.3 Å². The Kier molecular flexibility index (Phi) is 5.43. The minimum atomic E-state index is -0.255. The molecule has 0 aliphatic heterocycles. The number of aromatic nitrogens is 4. The summed E-state index contributed by atoms with van der Waals surface area (Å²) in [4.78, 5) is 38.8. The summed E-state index contributed by atoms with van der Waals surface area (Å²) in [5.41, 5.74) is 4.05. The molecule has 0 saturated heterocycles. The van der Waals surface area contributed by atoms with Gasteiger partial charge >= 0.3 is 0 Å². The Bertz CT molecular complexity index is 1480. The largest absolute Gasteiger partial charge is 0.322 e. The standard InChI is InChI=1S/C26H19N5O2/c32-25(19-8-4-14-27-17-19)29-20-10-12-21(13-11-20)31-24-22(9-5-15-28-24)30-23(26(31)33)16-18-6-2-1-3-7-18/h1-15,17H,16H2,(H,29,32). The van der Waals surface area contributed by atoms with Crippen LogP contribution in [0.3, 0.4) is 0 Å². The lowest BCUT2D eigenvalue weighted by molar-refractivity contribution is 0.102. The molecule has 3 heterocycles. The molecule has 0 fully saturated rings. The van der Waals surface area contributed by atoms with Crippen molar-refractivity contribution in [3.05, 3.63) is 125 Å². The van der Waals surface area contributed by atoms with Gasteiger partial charge in [0, 0.05) is 30.7 Å². The molecular weight excluding hydrogens is 414 g/mol. The van der Waals surface area contributed by atoms with E-state index in [4.69, 9.17) is 0 Å². The number of rotatable bonds is 5. The number of nitrogens with zero attached hydrogens (tertiary/aromatic N) is 4. The molecule has 0 aliphatic rings. The van der Waals surface area contributed by atoms with Crippen LogP contribution in [0, 0.1) is 0 Å². The van der Waals surface area contributed by atoms with Crippen LogP contribution in [0.5, 0.6) is 0 Å². The zero-order valence-electron chi connectivity index (χ0n) is 17.6. The van der Waals surface area contributed by atoms with E-state index in [0.29, 0.717) is 40.2 Å². The zero-order chi connectivity index (χ0) is 22.6. The first-order valence-electron chi connectivity index (χ1n) is 10.4. The van der Waals surface area contributed by atoms with Crippen LogP contribution in [0.15, 0.2) is 102 Å². The van der Waals surface area contributed by atoms with Gasteiger partial charge in [0.1, 0.15) is 11.2 Å². The van der Waals surface area contributed by atoms with Gasteiger partial charge in [-0.15, -0.1) is 0 Å². The van der Waals surface area contributed by atoms with E-state index in [-0.39, 0.29) is 11.5 Å². The summed E-state index contributed by atoms with van der Waals surface area (Å²) < 4.78 is 1.56. The van der Waals surface area contributed by atoms with Crippen LogP contribution in [-0.4, -0.2) is 25.4 Å². The van der Waals surface area contributed by atoms with E-state index in [1.54, 1.807) is 59.4 Å². The molecule has 5 aromatic rings. The first-order valence-corrected chi connectivity index (χ1v) is 10.4. The maximum absolute atomic E-state index is 13.4. The summed E-state index contributed by atoms with van der Waals surface area (Å²) in [5, 5.41) is 2.84. The van der Waals surface area contributed by atoms with Crippen LogP contribution in [0.2, 0.25) is 0 Å². The van der Waals surface area contributed by atoms with Crippen molar-refractivity contribution in [2.45, 2.75) is 6.42 Å². The smallest absolute Gasteiger partial charge is 0.278 e. The van der Waals surface area contributed by atoms with E-state index in [9.17, 15) is 9.59 Å². The van der Waals surface area contributed by atoms with E-state index in [1.807, 2.05) is 36.4 Å². The van der Waals surface area contributed by atoms with Crippen molar-refractivity contribution in [2.75, 3.05) is 5.32 Å². The highest BCUT2D eigenvalue weighted by Crippen LogP contribution is 2.18. The van der Waals surface area contributed by atoms with Crippen molar-refractivity contribution in [1.29, 1.82) is 0 Å². The third-order valence-electron chi connectivity index (χ3n) is 5.20. The van der Waals surface area contributed by atoms with Crippen LogP contribution < -0.4 is 10.9 Å². The number of carbonyl (C=O) groups excluding carboxylic acids is 1. The fourth-order valence-electron chi connectivity index (χ4n) is 3.60. The SMILES string of the molecule is O=C(Nc1ccc(-n2c(=O)c(Cc3ccccc3)nc3cccnc32)cc1)c1cccnc1. The van der Waals surface area contributed by atoms with Gasteiger partial charge in [-0.25, -0.2) is 9.97 Å². The second-order valence-electron chi connectivity index (χ2n) is 7.45. The highest BCUT2D eigenvalue weighted by Gasteiger charge is 2.14. The molecular formula is C26H19N5O2. The molecule has 33 heavy (non-hydrogen) atoms. The van der Waals surface area contributed by atoms with Gasteiger partial charge in [0.2, 0.25) is 0 Å². The predicted octanol–water partition coefficient (Wildman–Crippen LogP) is 4.02. The highest BCUT2D eigenvalue weighted by molar-refractivity contribution is 6.04. The van der Waals surface area contributed by atoms with Gasteiger partial charge in [-0.2, -0.15) is 0 Å². The molecule has 160 valence electrons. The minimum absolute atomic E-state index is 0.225. The molecule has 0 aliphatic carbocycles. The molecule has 0 radical (unpaired) electrons. The maximum Gasteiger partial charge on any atom is 0.278 e. The lowest BCUT2D eigenvalue weighted by Crippen LogP contribution is -2.25. The Hall–Kier alpha value is -4.65. The number of anilines is 1. The second kappa shape index (κ2) is 8.84. The fraction of sp³-hybridized carbons (Fsp3) is 0.0385. The molecule has 1 N–H and O–H groups in total. The van der Waals surface area contributed by atoms with E-state index in [2.05, 4.69) is 20.3 Å². The summed E-state index contributed by atoms with van der Waals surface area (Å²) in [6, 6.07) is 23.9. The van der Waals surface area contributed by atoms with Crippen molar-refractivity contribution in [1.82, 2.24) is 19.5 Å². The van der Waals surface area contributed by atoms with Gasteiger partial charge < -0.3 is 5.32 Å². The predicted molar refractivity (Wildman–Crippen MR) is 127 cm³/mol. The summed E-state index contributed by atoms with van der Waals surface area (Å²) >= 11 is 0. The van der Waals surface area contributed by atoms with E-state index >= 15 is 0 Å². The topological polar surface area (TPSA) is 89.8 Å². The van der Waals surface area contributed by atoms with Crippen molar-refractivity contribution < 1.29 is 4.79 Å². The molecule has 0 unspecified atom stereocenters. The summed E-state index contributed by atoms with van der Waals surface area (Å²) in [6.45, 7) is 0. The number of pyridine rings is 2. The average molecular weight is 433 g/mol. The molecule has 7 nitrogen and oxygen atoms in total. The van der Waals surface area contributed by atoms with Gasteiger partial charge in [-0.05, 0) is 54.1 Å². The Morgan fingerprint density at radius 1 is 0.879 bits per heavy atom. The molecule has 2 aromatic carbocycles. The quantitative estimate of drug-likeness (QED) is 0.452. The van der Waals surface area contributed by atoms with E-state index < -0.39 is 0 Å². The summed E-state index contributed by atoms with van der Waals surface area (Å²) in [6.07, 6.45) is 5.18. The highest BCUT2D eigenvalue weighted by atomic mass is 16.1. The molecule has 3 aromatic heterocycles. The van der Waals surface area contributed by atoms with Crippen molar-refractivity contribution >= 4 is 22.8 Å². The number of carbonyl (C=O) groups is 1. The van der Waals surface area contributed by atoms with Gasteiger partial charge in [0.25, 0.3) is 11.5 Å². The molecule has 0 bridgehead atoms. The Morgan fingerprint density at radius 3 is 2.42 bits per heavy atom. The summed E-state index contributed by atoms with van der Waals surface area (Å²) in [7, 11) is 0. The maximum atomic E-state index is 13.4. The lowest BCUT2D eigenvalue weighted by atomic mass is 10.1. The number of hydrogen-bond donors (Lipinski definition) is 1. The van der Waals surface area contributed by atoms with Gasteiger partial charge in [-0.1, -0.05) is 30.3 Å². The second-order valence-corrected chi connectivity index (χ2v) is 7.45. The first kappa shape index (κ1) is 20.3. The van der Waals surface area contributed by atoms with Crippen LogP contribution in [-0.2, 0) is 6.42 Å². The van der Waals surface area contributed by atoms with Gasteiger partial charge in [0.15, 0.2) is 5.65 Å². The Morgan fingerprint density at radius 2 is 1.67 bits per heavy atom. The Balaban J connectivity index is 1.52. The zero-order valence-corrected chi connectivity index (χ0v) is 17.6. The van der Waals surface area contributed by atoms with Crippen LogP contribution in [0.4, 0.5) is 5.69 Å². The van der Waals surface area contributed by atoms with Crippen LogP contribution >= 0.6 is 0 Å². The number of benzene rings is 2. The fourth-order valence-corrected chi connectivity index (χ4v) is 3.60. The van der Waals surface area contributed by atoms with Crippen LogP contribution in [0.25, 0.3) is 16.9 Å². The van der Waals surface area contributed by atoms with Crippen LogP contribution in [0.1, 0.15) is 21.6 Å². The van der Waals surface area contributed by atoms with Crippen molar-refractivity contribution in [3.8, 4) is 5.69 Å². The molecule has 0 saturated carbocycles. The molecule has 7 heteroatoms. The number of amides is 1. The summed E-state index contributed by atoms with van der Waals surface area (Å²) in [5.74, 6) is -0.255. The minimum Gasteiger partial charge on any atom is -0.322 e. The molecule has 1 amide bonds. The average Bonchev–Trinajstić information content (AvgIpc) is 2.86. The van der Waals surface area contributed by atoms with Crippen molar-refractivity contribution in [3.63, 3.8) is 0 Å². The normalized spacial score (nSPS) is 10.8. The monoisotopic (exact) mass is 433 g/mol. The van der Waals surface area contributed by atoms with Crippen molar-refractivity contribution in [2.24, 2.45) is 0 Å². The lowest BCUT2D eigenvalue weighted by Gasteiger charge is -2.12.